The largest absolute Gasteiger partial charge is 0.353 e. The lowest BCUT2D eigenvalue weighted by atomic mass is 9.38. The van der Waals surface area contributed by atoms with Crippen molar-refractivity contribution >= 4 is 35.1 Å². The number of hydrogen-bond donors (Lipinski definition) is 4. The molecule has 0 spiro atoms. The minimum atomic E-state index is -1.25. The summed E-state index contributed by atoms with van der Waals surface area (Å²) in [6.07, 6.45) is 10.0. The molecule has 45 heavy (non-hydrogen) atoms. The van der Waals surface area contributed by atoms with Gasteiger partial charge in [0.2, 0.25) is 17.6 Å². The molecule has 4 fully saturated rings. The molecule has 4 aliphatic carbocycles. The number of anilines is 1. The van der Waals surface area contributed by atoms with Crippen molar-refractivity contribution < 1.29 is 24.0 Å². The van der Waals surface area contributed by atoms with E-state index in [2.05, 4.69) is 47.0 Å². The lowest BCUT2D eigenvalue weighted by molar-refractivity contribution is -0.164. The third-order valence-corrected chi connectivity index (χ3v) is 9.66. The van der Waals surface area contributed by atoms with Crippen LogP contribution in [0.4, 0.5) is 5.69 Å². The highest BCUT2D eigenvalue weighted by atomic mass is 16.2. The molecule has 4 N–H and O–H groups in total. The second kappa shape index (κ2) is 11.6. The highest BCUT2D eigenvalue weighted by Gasteiger charge is 2.64. The Morgan fingerprint density at radius 1 is 0.978 bits per heavy atom. The first kappa shape index (κ1) is 32.1. The van der Waals surface area contributed by atoms with Crippen molar-refractivity contribution in [2.75, 3.05) is 12.4 Å². The summed E-state index contributed by atoms with van der Waals surface area (Å²) < 4.78 is 2.71. The van der Waals surface area contributed by atoms with Gasteiger partial charge in [-0.2, -0.15) is 0 Å². The topological polar surface area (TPSA) is 173 Å². The first-order chi connectivity index (χ1) is 21.1. The third kappa shape index (κ3) is 6.71. The van der Waals surface area contributed by atoms with Crippen molar-refractivity contribution in [2.24, 2.45) is 23.3 Å². The SMILES string of the molecule is CNC(=O)C(=O)CC[C@H](NC(=O)c1cncn1C)C(=O)Nc1cccn(CC(=O)NC23CC4(C)CC(C)(CC(C)(C4)C2)C3)c1=O. The van der Waals surface area contributed by atoms with Gasteiger partial charge in [0, 0.05) is 32.3 Å². The van der Waals surface area contributed by atoms with Crippen LogP contribution in [-0.2, 0) is 32.8 Å². The minimum Gasteiger partial charge on any atom is -0.353 e. The average Bonchev–Trinajstić information content (AvgIpc) is 3.35. The Morgan fingerprint density at radius 3 is 2.16 bits per heavy atom. The Morgan fingerprint density at radius 2 is 1.60 bits per heavy atom. The first-order valence-corrected chi connectivity index (χ1v) is 15.4. The maximum Gasteiger partial charge on any atom is 0.287 e. The number of aromatic nitrogens is 3. The van der Waals surface area contributed by atoms with E-state index in [4.69, 9.17) is 0 Å². The zero-order valence-corrected chi connectivity index (χ0v) is 26.6. The summed E-state index contributed by atoms with van der Waals surface area (Å²) in [6.45, 7) is 6.79. The highest BCUT2D eigenvalue weighted by Crippen LogP contribution is 2.70. The molecule has 242 valence electrons. The zero-order chi connectivity index (χ0) is 32.8. The van der Waals surface area contributed by atoms with Crippen LogP contribution in [0.2, 0.25) is 0 Å². The summed E-state index contributed by atoms with van der Waals surface area (Å²) in [6, 6.07) is 1.71. The summed E-state index contributed by atoms with van der Waals surface area (Å²) in [5.74, 6) is -3.20. The van der Waals surface area contributed by atoms with Gasteiger partial charge in [-0.1, -0.05) is 20.8 Å². The predicted molar refractivity (Wildman–Crippen MR) is 165 cm³/mol. The number of ketones is 1. The summed E-state index contributed by atoms with van der Waals surface area (Å²) in [5.41, 5.74) is -0.258. The maximum atomic E-state index is 13.4. The van der Waals surface area contributed by atoms with Gasteiger partial charge in [0.1, 0.15) is 24.0 Å². The molecule has 4 aliphatic rings. The molecule has 6 rings (SSSR count). The van der Waals surface area contributed by atoms with Gasteiger partial charge in [-0.3, -0.25) is 28.8 Å². The molecule has 0 unspecified atom stereocenters. The second-order valence-corrected chi connectivity index (χ2v) is 14.6. The average molecular weight is 622 g/mol. The van der Waals surface area contributed by atoms with Crippen molar-refractivity contribution in [3.05, 3.63) is 46.9 Å². The second-order valence-electron chi connectivity index (χ2n) is 14.6. The standard InChI is InChI=1S/C32H43N7O6/c1-29-13-30(2)15-31(3,14-29)18-32(16-29,17-30)37-24(41)12-39-10-6-7-21(28(39)45)36-25(42)20(8-9-23(40)27(44)33-4)35-26(43)22-11-34-19-38(22)5/h6-7,10-11,19-20H,8-9,12-18H2,1-5H3,(H,33,44)(H,35,43)(H,36,42)(H,37,41)/t20-,29?,30?,31?,32?/m0/s1. The molecule has 0 radical (unpaired) electrons. The van der Waals surface area contributed by atoms with E-state index in [1.165, 1.54) is 41.0 Å². The molecule has 2 heterocycles. The van der Waals surface area contributed by atoms with Crippen molar-refractivity contribution in [3.8, 4) is 0 Å². The van der Waals surface area contributed by atoms with Gasteiger partial charge in [0.05, 0.1) is 12.5 Å². The number of aryl methyl sites for hydroxylation is 1. The molecule has 13 nitrogen and oxygen atoms in total. The number of amides is 4. The number of nitrogens with one attached hydrogen (secondary N) is 4. The van der Waals surface area contributed by atoms with Gasteiger partial charge < -0.3 is 30.4 Å². The van der Waals surface area contributed by atoms with E-state index in [-0.39, 0.29) is 58.5 Å². The Kier molecular flexibility index (Phi) is 8.26. The molecule has 0 saturated heterocycles. The van der Waals surface area contributed by atoms with Crippen LogP contribution in [0.1, 0.15) is 82.6 Å². The van der Waals surface area contributed by atoms with Crippen molar-refractivity contribution in [2.45, 2.75) is 90.3 Å². The fourth-order valence-corrected chi connectivity index (χ4v) is 9.50. The molecule has 4 saturated carbocycles. The van der Waals surface area contributed by atoms with Crippen molar-refractivity contribution in [1.29, 1.82) is 0 Å². The lowest BCUT2D eigenvalue weighted by Crippen LogP contribution is -2.68. The molecule has 4 amide bonds. The summed E-state index contributed by atoms with van der Waals surface area (Å²) >= 11 is 0. The molecule has 2 aromatic heterocycles. The van der Waals surface area contributed by atoms with Crippen LogP contribution in [0.3, 0.4) is 0 Å². The van der Waals surface area contributed by atoms with Crippen molar-refractivity contribution in [3.63, 3.8) is 0 Å². The molecule has 2 aromatic rings. The molecule has 4 bridgehead atoms. The van der Waals surface area contributed by atoms with E-state index < -0.39 is 35.1 Å². The van der Waals surface area contributed by atoms with E-state index in [9.17, 15) is 28.8 Å². The molecule has 13 heteroatoms. The summed E-state index contributed by atoms with van der Waals surface area (Å²) in [7, 11) is 2.93. The summed E-state index contributed by atoms with van der Waals surface area (Å²) in [4.78, 5) is 80.8. The van der Waals surface area contributed by atoms with Crippen LogP contribution in [0.5, 0.6) is 0 Å². The van der Waals surface area contributed by atoms with E-state index in [1.807, 2.05) is 0 Å². The van der Waals surface area contributed by atoms with Gasteiger partial charge in [-0.05, 0) is 73.3 Å². The smallest absolute Gasteiger partial charge is 0.287 e. The lowest BCUT2D eigenvalue weighted by Gasteiger charge is -2.69. The number of carbonyl (C=O) groups is 5. The number of pyridine rings is 1. The number of rotatable bonds is 11. The number of imidazole rings is 1. The maximum absolute atomic E-state index is 13.4. The van der Waals surface area contributed by atoms with Crippen LogP contribution in [0.15, 0.2) is 35.6 Å². The monoisotopic (exact) mass is 621 g/mol. The van der Waals surface area contributed by atoms with Crippen LogP contribution in [-0.4, -0.2) is 62.2 Å². The highest BCUT2D eigenvalue weighted by molar-refractivity contribution is 6.36. The predicted octanol–water partition coefficient (Wildman–Crippen LogP) is 1.67. The zero-order valence-electron chi connectivity index (χ0n) is 26.6. The van der Waals surface area contributed by atoms with Crippen LogP contribution in [0, 0.1) is 16.2 Å². The Hall–Kier alpha value is -4.29. The van der Waals surface area contributed by atoms with Crippen LogP contribution in [0.25, 0.3) is 0 Å². The third-order valence-electron chi connectivity index (χ3n) is 9.66. The van der Waals surface area contributed by atoms with Gasteiger partial charge in [-0.25, -0.2) is 4.98 Å². The first-order valence-electron chi connectivity index (χ1n) is 15.4. The number of Topliss-reactive ketones (excluding diaryl/α,β-unsaturated/α-hetero) is 1. The van der Waals surface area contributed by atoms with Crippen molar-refractivity contribution in [1.82, 2.24) is 30.1 Å². The minimum absolute atomic E-state index is 0.0879. The van der Waals surface area contributed by atoms with Gasteiger partial charge in [0.25, 0.3) is 17.4 Å². The molecule has 0 aliphatic heterocycles. The van der Waals surface area contributed by atoms with Gasteiger partial charge in [0.15, 0.2) is 0 Å². The van der Waals surface area contributed by atoms with Gasteiger partial charge in [-0.15, -0.1) is 0 Å². The van der Waals surface area contributed by atoms with E-state index in [1.54, 1.807) is 13.1 Å². The molecule has 0 aromatic carbocycles. The number of carbonyl (C=O) groups excluding carboxylic acids is 5. The number of likely N-dealkylation sites (N-methyl/N-ethyl adjacent to an activating group) is 1. The Balaban J connectivity index is 1.28. The summed E-state index contributed by atoms with van der Waals surface area (Å²) in [5, 5.41) is 10.7. The normalized spacial score (nSPS) is 28.6. The fraction of sp³-hybridized carbons (Fsp3) is 0.594. The number of hydrogen-bond acceptors (Lipinski definition) is 7. The fourth-order valence-electron chi connectivity index (χ4n) is 9.50. The quantitative estimate of drug-likeness (QED) is 0.276. The number of nitrogens with zero attached hydrogens (tertiary/aromatic N) is 3. The van der Waals surface area contributed by atoms with E-state index >= 15 is 0 Å². The molecule has 1 atom stereocenters. The van der Waals surface area contributed by atoms with Crippen LogP contribution < -0.4 is 26.8 Å². The Bertz CT molecular complexity index is 1550. The Labute approximate surface area is 261 Å². The molecular formula is C32H43N7O6. The van der Waals surface area contributed by atoms with Crippen LogP contribution >= 0.6 is 0 Å². The van der Waals surface area contributed by atoms with E-state index in [0.29, 0.717) is 0 Å². The van der Waals surface area contributed by atoms with Gasteiger partial charge >= 0.3 is 0 Å². The molecular weight excluding hydrogens is 578 g/mol. The van der Waals surface area contributed by atoms with E-state index in [0.717, 1.165) is 38.5 Å².